The molecule has 0 aliphatic rings. The maximum atomic E-state index is 12.4. The van der Waals surface area contributed by atoms with E-state index in [1.807, 2.05) is 26.0 Å². The third-order valence-electron chi connectivity index (χ3n) is 2.85. The number of rotatable bonds is 6. The van der Waals surface area contributed by atoms with Gasteiger partial charge in [0, 0.05) is 17.1 Å². The maximum absolute atomic E-state index is 12.4. The van der Waals surface area contributed by atoms with Gasteiger partial charge in [-0.25, -0.2) is 8.42 Å². The Morgan fingerprint density at radius 3 is 2.52 bits per heavy atom. The van der Waals surface area contributed by atoms with Crippen LogP contribution in [0, 0.1) is 6.92 Å². The summed E-state index contributed by atoms with van der Waals surface area (Å²) >= 11 is 4.77. The predicted molar refractivity (Wildman–Crippen MR) is 91.4 cm³/mol. The number of nitrogens with one attached hydrogen (secondary N) is 2. The number of hydrogen-bond donors (Lipinski definition) is 2. The topological polar surface area (TPSA) is 58.2 Å². The van der Waals surface area contributed by atoms with E-state index in [0.29, 0.717) is 16.0 Å². The molecule has 2 N–H and O–H groups in total. The van der Waals surface area contributed by atoms with Crippen molar-refractivity contribution in [2.45, 2.75) is 25.3 Å². The van der Waals surface area contributed by atoms with Gasteiger partial charge in [0.25, 0.3) is 10.0 Å². The lowest BCUT2D eigenvalue weighted by molar-refractivity contribution is 0.601. The number of sulfonamides is 1. The zero-order chi connectivity index (χ0) is 15.5. The lowest BCUT2D eigenvalue weighted by Gasteiger charge is -2.07. The van der Waals surface area contributed by atoms with Crippen LogP contribution in [-0.2, 0) is 16.6 Å². The standard InChI is InChI=1S/C14H17BrN2O2S2/c1-3-16-9-12-8-13(14(15)20-12)21(18,19)17-11-6-4-10(2)5-7-11/h4-8,16-17H,3,9H2,1-2H3. The average Bonchev–Trinajstić information content (AvgIpc) is 2.81. The van der Waals surface area contributed by atoms with E-state index >= 15 is 0 Å². The van der Waals surface area contributed by atoms with Crippen LogP contribution in [0.1, 0.15) is 17.4 Å². The van der Waals surface area contributed by atoms with E-state index in [4.69, 9.17) is 0 Å². The van der Waals surface area contributed by atoms with E-state index in [1.54, 1.807) is 18.2 Å². The zero-order valence-corrected chi connectivity index (χ0v) is 15.0. The molecule has 0 radical (unpaired) electrons. The molecular weight excluding hydrogens is 372 g/mol. The number of thiophene rings is 1. The molecule has 0 fully saturated rings. The first-order valence-corrected chi connectivity index (χ1v) is 9.60. The molecule has 0 spiro atoms. The van der Waals surface area contributed by atoms with Crippen LogP contribution in [0.3, 0.4) is 0 Å². The molecule has 0 aliphatic carbocycles. The molecule has 7 heteroatoms. The molecule has 21 heavy (non-hydrogen) atoms. The Labute approximate surface area is 137 Å². The summed E-state index contributed by atoms with van der Waals surface area (Å²) in [5.74, 6) is 0. The summed E-state index contributed by atoms with van der Waals surface area (Å²) < 4.78 is 28.1. The van der Waals surface area contributed by atoms with Crippen LogP contribution in [0.15, 0.2) is 39.0 Å². The first-order chi connectivity index (χ1) is 9.92. The van der Waals surface area contributed by atoms with Crippen molar-refractivity contribution in [2.24, 2.45) is 0 Å². The molecule has 2 aromatic rings. The van der Waals surface area contributed by atoms with Gasteiger partial charge in [0.1, 0.15) is 4.90 Å². The molecule has 2 rings (SSSR count). The van der Waals surface area contributed by atoms with E-state index in [9.17, 15) is 8.42 Å². The van der Waals surface area contributed by atoms with E-state index in [0.717, 1.165) is 17.0 Å². The van der Waals surface area contributed by atoms with Crippen molar-refractivity contribution < 1.29 is 8.42 Å². The maximum Gasteiger partial charge on any atom is 0.263 e. The minimum Gasteiger partial charge on any atom is -0.312 e. The van der Waals surface area contributed by atoms with Crippen LogP contribution in [0.2, 0.25) is 0 Å². The lowest BCUT2D eigenvalue weighted by Crippen LogP contribution is -2.13. The highest BCUT2D eigenvalue weighted by Gasteiger charge is 2.21. The van der Waals surface area contributed by atoms with Crippen molar-refractivity contribution in [2.75, 3.05) is 11.3 Å². The number of anilines is 1. The van der Waals surface area contributed by atoms with Crippen LogP contribution in [0.25, 0.3) is 0 Å². The summed E-state index contributed by atoms with van der Waals surface area (Å²) in [5, 5.41) is 3.19. The Bertz CT molecular complexity index is 709. The zero-order valence-electron chi connectivity index (χ0n) is 11.8. The molecule has 0 saturated heterocycles. The number of aryl methyl sites for hydroxylation is 1. The highest BCUT2D eigenvalue weighted by atomic mass is 79.9. The van der Waals surface area contributed by atoms with Crippen molar-refractivity contribution in [3.05, 3.63) is 44.6 Å². The Hall–Kier alpha value is -0.890. The van der Waals surface area contributed by atoms with Crippen molar-refractivity contribution in [1.82, 2.24) is 5.32 Å². The fourth-order valence-corrected chi connectivity index (χ4v) is 5.46. The third kappa shape index (κ3) is 4.29. The van der Waals surface area contributed by atoms with Gasteiger partial charge in [-0.3, -0.25) is 4.72 Å². The second-order valence-corrected chi connectivity index (χ2v) is 8.71. The number of hydrogen-bond acceptors (Lipinski definition) is 4. The Kier molecular flexibility index (Phi) is 5.43. The van der Waals surface area contributed by atoms with Gasteiger partial charge in [0.15, 0.2) is 0 Å². The minimum atomic E-state index is -3.58. The summed E-state index contributed by atoms with van der Waals surface area (Å²) in [5.41, 5.74) is 1.65. The van der Waals surface area contributed by atoms with Gasteiger partial charge in [0.2, 0.25) is 0 Å². The fraction of sp³-hybridized carbons (Fsp3) is 0.286. The van der Waals surface area contributed by atoms with Crippen molar-refractivity contribution >= 4 is 43.0 Å². The SMILES string of the molecule is CCNCc1cc(S(=O)(=O)Nc2ccc(C)cc2)c(Br)s1. The monoisotopic (exact) mass is 388 g/mol. The summed E-state index contributed by atoms with van der Waals surface area (Å²) in [7, 11) is -3.58. The van der Waals surface area contributed by atoms with E-state index in [1.165, 1.54) is 11.3 Å². The second kappa shape index (κ2) is 6.91. The van der Waals surface area contributed by atoms with Gasteiger partial charge in [-0.15, -0.1) is 11.3 Å². The second-order valence-electron chi connectivity index (χ2n) is 4.60. The Balaban J connectivity index is 2.22. The highest BCUT2D eigenvalue weighted by Crippen LogP contribution is 2.32. The lowest BCUT2D eigenvalue weighted by atomic mass is 10.2. The normalized spacial score (nSPS) is 11.6. The van der Waals surface area contributed by atoms with Crippen molar-refractivity contribution in [1.29, 1.82) is 0 Å². The number of halogens is 1. The largest absolute Gasteiger partial charge is 0.312 e. The van der Waals surface area contributed by atoms with Gasteiger partial charge >= 0.3 is 0 Å². The van der Waals surface area contributed by atoms with Gasteiger partial charge in [0.05, 0.1) is 3.79 Å². The highest BCUT2D eigenvalue weighted by molar-refractivity contribution is 9.11. The Morgan fingerprint density at radius 2 is 1.90 bits per heavy atom. The molecule has 0 unspecified atom stereocenters. The summed E-state index contributed by atoms with van der Waals surface area (Å²) in [6, 6.07) is 8.96. The number of benzene rings is 1. The molecule has 0 saturated carbocycles. The van der Waals surface area contributed by atoms with Gasteiger partial charge in [-0.1, -0.05) is 24.6 Å². The van der Waals surface area contributed by atoms with E-state index in [-0.39, 0.29) is 4.90 Å². The van der Waals surface area contributed by atoms with E-state index < -0.39 is 10.0 Å². The average molecular weight is 389 g/mol. The first-order valence-electron chi connectivity index (χ1n) is 6.51. The smallest absolute Gasteiger partial charge is 0.263 e. The van der Waals surface area contributed by atoms with E-state index in [2.05, 4.69) is 26.0 Å². The van der Waals surface area contributed by atoms with Crippen LogP contribution in [-0.4, -0.2) is 15.0 Å². The van der Waals surface area contributed by atoms with Gasteiger partial charge < -0.3 is 5.32 Å². The summed E-state index contributed by atoms with van der Waals surface area (Å²) in [4.78, 5) is 1.26. The third-order valence-corrected chi connectivity index (χ3v) is 6.48. The molecule has 0 amide bonds. The van der Waals surface area contributed by atoms with Crippen LogP contribution < -0.4 is 10.0 Å². The Morgan fingerprint density at radius 1 is 1.24 bits per heavy atom. The molecule has 1 aromatic carbocycles. The minimum absolute atomic E-state index is 0.279. The fourth-order valence-electron chi connectivity index (χ4n) is 1.75. The molecule has 1 heterocycles. The predicted octanol–water partition coefficient (Wildman–Crippen LogP) is 3.73. The summed E-state index contributed by atoms with van der Waals surface area (Å²) in [6.07, 6.45) is 0. The molecule has 0 atom stereocenters. The summed E-state index contributed by atoms with van der Waals surface area (Å²) in [6.45, 7) is 5.49. The van der Waals surface area contributed by atoms with Crippen LogP contribution in [0.5, 0.6) is 0 Å². The molecule has 114 valence electrons. The van der Waals surface area contributed by atoms with Crippen molar-refractivity contribution in [3.8, 4) is 0 Å². The molecule has 0 bridgehead atoms. The molecule has 0 aliphatic heterocycles. The molecule has 4 nitrogen and oxygen atoms in total. The van der Waals surface area contributed by atoms with Crippen LogP contribution >= 0.6 is 27.3 Å². The first kappa shape index (κ1) is 16.5. The van der Waals surface area contributed by atoms with Crippen LogP contribution in [0.4, 0.5) is 5.69 Å². The molecular formula is C14H17BrN2O2S2. The quantitative estimate of drug-likeness (QED) is 0.792. The van der Waals surface area contributed by atoms with Gasteiger partial charge in [-0.2, -0.15) is 0 Å². The van der Waals surface area contributed by atoms with Crippen molar-refractivity contribution in [3.63, 3.8) is 0 Å². The van der Waals surface area contributed by atoms with Gasteiger partial charge in [-0.05, 0) is 47.6 Å². The molecule has 1 aromatic heterocycles.